The maximum atomic E-state index is 12.3. The minimum absolute atomic E-state index is 0.0540. The number of amides is 1. The molecule has 2 heterocycles. The molecule has 0 radical (unpaired) electrons. The third-order valence-corrected chi connectivity index (χ3v) is 4.38. The molecular weight excluding hydrogens is 284 g/mol. The van der Waals surface area contributed by atoms with Gasteiger partial charge in [0, 0.05) is 10.6 Å². The van der Waals surface area contributed by atoms with Gasteiger partial charge in [0.15, 0.2) is 0 Å². The van der Waals surface area contributed by atoms with E-state index < -0.39 is 0 Å². The zero-order chi connectivity index (χ0) is 15.4. The monoisotopic (exact) mass is 304 g/mol. The Hall–Kier alpha value is -1.88. The summed E-state index contributed by atoms with van der Waals surface area (Å²) in [6.45, 7) is 6.00. The molecule has 0 aliphatic heterocycles. The lowest BCUT2D eigenvalue weighted by Gasteiger charge is -2.15. The fourth-order valence-corrected chi connectivity index (χ4v) is 2.97. The van der Waals surface area contributed by atoms with Crippen molar-refractivity contribution < 1.29 is 4.79 Å². The van der Waals surface area contributed by atoms with Crippen LogP contribution in [0.1, 0.15) is 60.1 Å². The van der Waals surface area contributed by atoms with Crippen molar-refractivity contribution in [3.63, 3.8) is 0 Å². The number of aromatic nitrogens is 1. The summed E-state index contributed by atoms with van der Waals surface area (Å²) in [5.41, 5.74) is 0.663. The zero-order valence-corrected chi connectivity index (χ0v) is 13.3. The van der Waals surface area contributed by atoms with E-state index in [1.807, 2.05) is 38.3 Å². The number of hydrogen-bond donors (Lipinski definition) is 2. The predicted molar refractivity (Wildman–Crippen MR) is 86.0 cm³/mol. The molecule has 2 rings (SSSR count). The Morgan fingerprint density at radius 3 is 2.62 bits per heavy atom. The number of carbonyl (C=O) groups excluding carboxylic acids is 1. The highest BCUT2D eigenvalue weighted by molar-refractivity contribution is 7.10. The van der Waals surface area contributed by atoms with Gasteiger partial charge in [-0.1, -0.05) is 26.8 Å². The lowest BCUT2D eigenvalue weighted by atomic mass is 10.1. The van der Waals surface area contributed by atoms with Crippen LogP contribution in [-0.2, 0) is 0 Å². The van der Waals surface area contributed by atoms with E-state index in [1.165, 1.54) is 0 Å². The molecule has 2 aromatic heterocycles. The molecule has 0 saturated heterocycles. The van der Waals surface area contributed by atoms with Crippen LogP contribution >= 0.6 is 11.3 Å². The van der Waals surface area contributed by atoms with Gasteiger partial charge in [-0.15, -0.1) is 11.3 Å². The van der Waals surface area contributed by atoms with Gasteiger partial charge in [0.2, 0.25) is 0 Å². The molecule has 112 valence electrons. The first-order valence-corrected chi connectivity index (χ1v) is 7.98. The summed E-state index contributed by atoms with van der Waals surface area (Å²) in [4.78, 5) is 28.2. The maximum absolute atomic E-state index is 12.3. The fourth-order valence-electron chi connectivity index (χ4n) is 2.10. The molecule has 0 aliphatic rings. The van der Waals surface area contributed by atoms with Crippen LogP contribution in [-0.4, -0.2) is 10.9 Å². The third-order valence-electron chi connectivity index (χ3n) is 3.40. The van der Waals surface area contributed by atoms with Crippen LogP contribution in [0, 0.1) is 0 Å². The molecule has 0 spiro atoms. The summed E-state index contributed by atoms with van der Waals surface area (Å²) in [6, 6.07) is 7.30. The van der Waals surface area contributed by atoms with Crippen LogP contribution in [0.4, 0.5) is 0 Å². The molecule has 4 nitrogen and oxygen atoms in total. The quantitative estimate of drug-likeness (QED) is 0.889. The first-order chi connectivity index (χ1) is 10.0. The summed E-state index contributed by atoms with van der Waals surface area (Å²) in [5.74, 6) is -0.101. The molecule has 5 heteroatoms. The summed E-state index contributed by atoms with van der Waals surface area (Å²) in [7, 11) is 0. The molecule has 2 N–H and O–H groups in total. The average molecular weight is 304 g/mol. The van der Waals surface area contributed by atoms with Crippen molar-refractivity contribution in [3.05, 3.63) is 56.1 Å². The fraction of sp³-hybridized carbons (Fsp3) is 0.375. The van der Waals surface area contributed by atoms with Crippen molar-refractivity contribution in [3.8, 4) is 0 Å². The second-order valence-electron chi connectivity index (χ2n) is 5.26. The van der Waals surface area contributed by atoms with Gasteiger partial charge in [-0.2, -0.15) is 0 Å². The second kappa shape index (κ2) is 6.72. The number of thiophene rings is 1. The van der Waals surface area contributed by atoms with Crippen molar-refractivity contribution in [1.82, 2.24) is 10.3 Å². The van der Waals surface area contributed by atoms with E-state index in [-0.39, 0.29) is 29.0 Å². The van der Waals surface area contributed by atoms with Crippen molar-refractivity contribution in [2.24, 2.45) is 0 Å². The Labute approximate surface area is 128 Å². The van der Waals surface area contributed by atoms with Gasteiger partial charge in [-0.3, -0.25) is 9.59 Å². The predicted octanol–water partition coefficient (Wildman–Crippen LogP) is 3.44. The smallest absolute Gasteiger partial charge is 0.261 e. The summed E-state index contributed by atoms with van der Waals surface area (Å²) in [5, 5.41) is 4.91. The number of rotatable bonds is 5. The van der Waals surface area contributed by atoms with E-state index >= 15 is 0 Å². The molecular formula is C16H20N2O2S. The van der Waals surface area contributed by atoms with Crippen molar-refractivity contribution in [2.45, 2.75) is 39.2 Å². The van der Waals surface area contributed by atoms with E-state index in [4.69, 9.17) is 0 Å². The van der Waals surface area contributed by atoms with E-state index in [9.17, 15) is 9.59 Å². The summed E-state index contributed by atoms with van der Waals surface area (Å²) >= 11 is 1.60. The summed E-state index contributed by atoms with van der Waals surface area (Å²) in [6.07, 6.45) is 0.786. The summed E-state index contributed by atoms with van der Waals surface area (Å²) < 4.78 is 0. The highest BCUT2D eigenvalue weighted by Crippen LogP contribution is 2.21. The highest BCUT2D eigenvalue weighted by Gasteiger charge is 2.17. The number of carbonyl (C=O) groups is 1. The van der Waals surface area contributed by atoms with Crippen LogP contribution in [0.5, 0.6) is 0 Å². The largest absolute Gasteiger partial charge is 0.344 e. The lowest BCUT2D eigenvalue weighted by Crippen LogP contribution is -2.32. The standard InChI is InChI=1S/C16H20N2O2S/c1-4-12(14-6-5-9-21-14)17-15(19)11-7-8-13(10(2)3)18-16(11)20/h5-10,12H,4H2,1-3H3,(H,17,19)(H,18,20). The van der Waals surface area contributed by atoms with Gasteiger partial charge < -0.3 is 10.3 Å². The number of hydrogen-bond acceptors (Lipinski definition) is 3. The minimum atomic E-state index is -0.334. The zero-order valence-electron chi connectivity index (χ0n) is 12.5. The Morgan fingerprint density at radius 1 is 1.33 bits per heavy atom. The van der Waals surface area contributed by atoms with Gasteiger partial charge in [0.25, 0.3) is 11.5 Å². The van der Waals surface area contributed by atoms with Crippen LogP contribution in [0.2, 0.25) is 0 Å². The van der Waals surface area contributed by atoms with Crippen LogP contribution < -0.4 is 10.9 Å². The molecule has 1 unspecified atom stereocenters. The molecule has 1 atom stereocenters. The number of nitrogens with one attached hydrogen (secondary N) is 2. The molecule has 0 bridgehead atoms. The molecule has 0 aromatic carbocycles. The molecule has 21 heavy (non-hydrogen) atoms. The van der Waals surface area contributed by atoms with Crippen molar-refractivity contribution in [2.75, 3.05) is 0 Å². The minimum Gasteiger partial charge on any atom is -0.344 e. The molecule has 0 fully saturated rings. The van der Waals surface area contributed by atoms with Crippen molar-refractivity contribution >= 4 is 17.2 Å². The van der Waals surface area contributed by atoms with Crippen molar-refractivity contribution in [1.29, 1.82) is 0 Å². The first-order valence-electron chi connectivity index (χ1n) is 7.10. The Morgan fingerprint density at radius 2 is 2.10 bits per heavy atom. The Kier molecular flexibility index (Phi) is 4.96. The van der Waals surface area contributed by atoms with Gasteiger partial charge in [-0.05, 0) is 35.9 Å². The van der Waals surface area contributed by atoms with Gasteiger partial charge in [0.1, 0.15) is 5.56 Å². The average Bonchev–Trinajstić information content (AvgIpc) is 2.98. The van der Waals surface area contributed by atoms with E-state index in [0.717, 1.165) is 17.0 Å². The third kappa shape index (κ3) is 3.61. The molecule has 0 aliphatic carbocycles. The lowest BCUT2D eigenvalue weighted by molar-refractivity contribution is 0.0934. The molecule has 1 amide bonds. The SMILES string of the molecule is CCC(NC(=O)c1ccc(C(C)C)[nH]c1=O)c1cccs1. The number of H-pyrrole nitrogens is 1. The van der Waals surface area contributed by atoms with Gasteiger partial charge in [-0.25, -0.2) is 0 Å². The van der Waals surface area contributed by atoms with E-state index in [0.29, 0.717) is 0 Å². The van der Waals surface area contributed by atoms with Gasteiger partial charge >= 0.3 is 0 Å². The molecule has 0 saturated carbocycles. The second-order valence-corrected chi connectivity index (χ2v) is 6.24. The van der Waals surface area contributed by atoms with Crippen LogP contribution in [0.25, 0.3) is 0 Å². The maximum Gasteiger partial charge on any atom is 0.261 e. The van der Waals surface area contributed by atoms with E-state index in [2.05, 4.69) is 10.3 Å². The van der Waals surface area contributed by atoms with Crippen LogP contribution in [0.3, 0.4) is 0 Å². The first kappa shape index (κ1) is 15.5. The number of pyridine rings is 1. The molecule has 2 aromatic rings. The number of aromatic amines is 1. The Bertz CT molecular complexity index is 659. The van der Waals surface area contributed by atoms with Gasteiger partial charge in [0.05, 0.1) is 6.04 Å². The highest BCUT2D eigenvalue weighted by atomic mass is 32.1. The normalized spacial score (nSPS) is 12.4. The Balaban J connectivity index is 2.18. The van der Waals surface area contributed by atoms with E-state index in [1.54, 1.807) is 23.5 Å². The topological polar surface area (TPSA) is 62.0 Å². The van der Waals surface area contributed by atoms with Crippen LogP contribution in [0.15, 0.2) is 34.4 Å².